The van der Waals surface area contributed by atoms with Gasteiger partial charge in [0.25, 0.3) is 5.91 Å². The second kappa shape index (κ2) is 9.59. The summed E-state index contributed by atoms with van der Waals surface area (Å²) in [4.78, 5) is 23.9. The number of hydrogen-bond donors (Lipinski definition) is 1. The van der Waals surface area contributed by atoms with Gasteiger partial charge in [0.15, 0.2) is 5.16 Å². The third-order valence-corrected chi connectivity index (χ3v) is 6.19. The third kappa shape index (κ3) is 5.70. The fourth-order valence-corrected chi connectivity index (χ4v) is 4.05. The molecule has 7 heteroatoms. The molecule has 1 aliphatic heterocycles. The van der Waals surface area contributed by atoms with Gasteiger partial charge in [-0.1, -0.05) is 30.8 Å². The lowest BCUT2D eigenvalue weighted by Gasteiger charge is -2.28. The molecule has 154 valence electrons. The molecule has 0 radical (unpaired) electrons. The molecular weight excluding hydrogens is 384 g/mol. The average molecular weight is 413 g/mol. The highest BCUT2D eigenvalue weighted by atomic mass is 32.2. The van der Waals surface area contributed by atoms with Crippen molar-refractivity contribution in [2.24, 2.45) is 5.92 Å². The molecule has 2 aromatic rings. The van der Waals surface area contributed by atoms with Gasteiger partial charge in [0, 0.05) is 42.7 Å². The number of hydrogen-bond acceptors (Lipinski definition) is 6. The molecule has 0 atom stereocenters. The molecule has 1 N–H and O–H groups in total. The number of nitrogens with zero attached hydrogens (tertiary/aromatic N) is 3. The highest BCUT2D eigenvalue weighted by Gasteiger charge is 2.21. The molecule has 0 spiro atoms. The normalized spacial score (nSPS) is 16.7. The first-order valence-corrected chi connectivity index (χ1v) is 11.4. The van der Waals surface area contributed by atoms with Crippen LogP contribution in [0.2, 0.25) is 0 Å². The van der Waals surface area contributed by atoms with E-state index in [0.717, 1.165) is 72.8 Å². The van der Waals surface area contributed by atoms with E-state index in [-0.39, 0.29) is 5.91 Å². The molecule has 2 fully saturated rings. The van der Waals surface area contributed by atoms with Crippen LogP contribution in [0.3, 0.4) is 0 Å². The first-order valence-electron chi connectivity index (χ1n) is 10.4. The molecule has 4 rings (SSSR count). The largest absolute Gasteiger partial charge is 0.378 e. The summed E-state index contributed by atoms with van der Waals surface area (Å²) in [6.45, 7) is 6.14. The summed E-state index contributed by atoms with van der Waals surface area (Å²) < 4.78 is 5.45. The van der Waals surface area contributed by atoms with Gasteiger partial charge in [-0.05, 0) is 42.9 Å². The number of carbonyl (C=O) groups is 1. The summed E-state index contributed by atoms with van der Waals surface area (Å²) in [7, 11) is 0. The molecular formula is C22H28N4O2S. The molecule has 1 aromatic heterocycles. The van der Waals surface area contributed by atoms with Gasteiger partial charge in [-0.2, -0.15) is 0 Å². The second-order valence-electron chi connectivity index (χ2n) is 7.59. The Hall–Kier alpha value is -2.12. The molecule has 2 heterocycles. The number of rotatable bonds is 8. The number of ether oxygens (including phenoxy) is 1. The van der Waals surface area contributed by atoms with Gasteiger partial charge in [0.2, 0.25) is 0 Å². The van der Waals surface area contributed by atoms with E-state index in [1.807, 2.05) is 24.3 Å². The van der Waals surface area contributed by atoms with E-state index < -0.39 is 0 Å². The maximum absolute atomic E-state index is 12.2. The van der Waals surface area contributed by atoms with Crippen molar-refractivity contribution < 1.29 is 9.53 Å². The van der Waals surface area contributed by atoms with Gasteiger partial charge >= 0.3 is 0 Å². The quantitative estimate of drug-likeness (QED) is 0.530. The van der Waals surface area contributed by atoms with Crippen LogP contribution in [0.5, 0.6) is 0 Å². The minimum Gasteiger partial charge on any atom is -0.378 e. The number of nitrogens with one attached hydrogen (secondary N) is 1. The van der Waals surface area contributed by atoms with E-state index in [1.54, 1.807) is 11.8 Å². The Morgan fingerprint density at radius 3 is 2.66 bits per heavy atom. The molecule has 2 aliphatic rings. The van der Waals surface area contributed by atoms with E-state index in [4.69, 9.17) is 9.72 Å². The number of aryl methyl sites for hydroxylation is 1. The number of aromatic nitrogens is 2. The SMILES string of the molecule is CCc1cc(N2CCOCC2)nc(SCc2ccc(C(=O)NCC3CC3)cc2)n1. The Labute approximate surface area is 176 Å². The first kappa shape index (κ1) is 20.2. The minimum atomic E-state index is 0.0187. The van der Waals surface area contributed by atoms with Crippen LogP contribution in [0.15, 0.2) is 35.5 Å². The van der Waals surface area contributed by atoms with Gasteiger partial charge in [-0.3, -0.25) is 4.79 Å². The Bertz CT molecular complexity index is 833. The van der Waals surface area contributed by atoms with Crippen LogP contribution in [0.4, 0.5) is 5.82 Å². The maximum atomic E-state index is 12.2. The summed E-state index contributed by atoms with van der Waals surface area (Å²) in [5.74, 6) is 2.48. The molecule has 1 saturated carbocycles. The van der Waals surface area contributed by atoms with Crippen LogP contribution < -0.4 is 10.2 Å². The molecule has 1 amide bonds. The Balaban J connectivity index is 1.36. The van der Waals surface area contributed by atoms with Crippen LogP contribution in [-0.4, -0.2) is 48.7 Å². The third-order valence-electron chi connectivity index (χ3n) is 5.27. The topological polar surface area (TPSA) is 67.3 Å². The van der Waals surface area contributed by atoms with E-state index in [9.17, 15) is 4.79 Å². The average Bonchev–Trinajstić information content (AvgIpc) is 3.61. The standard InChI is InChI=1S/C22H28N4O2S/c1-2-19-13-20(26-9-11-28-12-10-26)25-22(24-19)29-15-17-5-7-18(8-6-17)21(27)23-14-16-3-4-16/h5-8,13,16H,2-4,9-12,14-15H2,1H3,(H,23,27). The molecule has 0 bridgehead atoms. The Morgan fingerprint density at radius 2 is 1.97 bits per heavy atom. The van der Waals surface area contributed by atoms with Crippen molar-refractivity contribution in [3.63, 3.8) is 0 Å². The van der Waals surface area contributed by atoms with Crippen molar-refractivity contribution in [3.05, 3.63) is 47.2 Å². The zero-order chi connectivity index (χ0) is 20.1. The van der Waals surface area contributed by atoms with Crippen LogP contribution in [-0.2, 0) is 16.9 Å². The molecule has 1 aromatic carbocycles. The van der Waals surface area contributed by atoms with Crippen molar-refractivity contribution in [2.45, 2.75) is 37.1 Å². The minimum absolute atomic E-state index is 0.0187. The van der Waals surface area contributed by atoms with Crippen molar-refractivity contribution in [1.82, 2.24) is 15.3 Å². The molecule has 0 unspecified atom stereocenters. The number of carbonyl (C=O) groups excluding carboxylic acids is 1. The first-order chi connectivity index (χ1) is 14.2. The molecule has 29 heavy (non-hydrogen) atoms. The lowest BCUT2D eigenvalue weighted by molar-refractivity contribution is 0.0952. The van der Waals surface area contributed by atoms with Crippen LogP contribution >= 0.6 is 11.8 Å². The van der Waals surface area contributed by atoms with Crippen LogP contribution in [0, 0.1) is 5.92 Å². The van der Waals surface area contributed by atoms with Gasteiger partial charge < -0.3 is 15.0 Å². The van der Waals surface area contributed by atoms with Crippen molar-refractivity contribution >= 4 is 23.5 Å². The predicted molar refractivity (Wildman–Crippen MR) is 116 cm³/mol. The lowest BCUT2D eigenvalue weighted by atomic mass is 10.1. The summed E-state index contributed by atoms with van der Waals surface area (Å²) >= 11 is 1.64. The zero-order valence-corrected chi connectivity index (χ0v) is 17.7. The predicted octanol–water partition coefficient (Wildman–Crippen LogP) is 3.31. The van der Waals surface area contributed by atoms with E-state index in [2.05, 4.69) is 28.2 Å². The molecule has 1 aliphatic carbocycles. The fourth-order valence-electron chi connectivity index (χ4n) is 3.22. The molecule has 1 saturated heterocycles. The number of thioether (sulfide) groups is 1. The maximum Gasteiger partial charge on any atom is 0.251 e. The monoisotopic (exact) mass is 412 g/mol. The van der Waals surface area contributed by atoms with Gasteiger partial charge in [0.1, 0.15) is 5.82 Å². The number of anilines is 1. The van der Waals surface area contributed by atoms with Gasteiger partial charge in [-0.25, -0.2) is 9.97 Å². The van der Waals surface area contributed by atoms with Crippen molar-refractivity contribution in [3.8, 4) is 0 Å². The zero-order valence-electron chi connectivity index (χ0n) is 16.9. The highest BCUT2D eigenvalue weighted by molar-refractivity contribution is 7.98. The van der Waals surface area contributed by atoms with Gasteiger partial charge in [-0.15, -0.1) is 0 Å². The van der Waals surface area contributed by atoms with Crippen LogP contribution in [0.25, 0.3) is 0 Å². The van der Waals surface area contributed by atoms with Crippen molar-refractivity contribution in [1.29, 1.82) is 0 Å². The van der Waals surface area contributed by atoms with Crippen LogP contribution in [0.1, 0.15) is 41.4 Å². The fraction of sp³-hybridized carbons (Fsp3) is 0.500. The van der Waals surface area contributed by atoms with Gasteiger partial charge in [0.05, 0.1) is 13.2 Å². The summed E-state index contributed by atoms with van der Waals surface area (Å²) in [5.41, 5.74) is 2.94. The lowest BCUT2D eigenvalue weighted by Crippen LogP contribution is -2.37. The van der Waals surface area contributed by atoms with E-state index >= 15 is 0 Å². The highest BCUT2D eigenvalue weighted by Crippen LogP contribution is 2.27. The number of amides is 1. The smallest absolute Gasteiger partial charge is 0.251 e. The van der Waals surface area contributed by atoms with Crippen molar-refractivity contribution in [2.75, 3.05) is 37.7 Å². The van der Waals surface area contributed by atoms with E-state index in [0.29, 0.717) is 5.92 Å². The summed E-state index contributed by atoms with van der Waals surface area (Å²) in [5, 5.41) is 3.81. The number of benzene rings is 1. The Kier molecular flexibility index (Phi) is 6.67. The number of morpholine rings is 1. The Morgan fingerprint density at radius 1 is 1.21 bits per heavy atom. The second-order valence-corrected chi connectivity index (χ2v) is 8.53. The molecule has 6 nitrogen and oxygen atoms in total. The summed E-state index contributed by atoms with van der Waals surface area (Å²) in [6, 6.07) is 9.93. The van der Waals surface area contributed by atoms with E-state index in [1.165, 1.54) is 12.8 Å². The summed E-state index contributed by atoms with van der Waals surface area (Å²) in [6.07, 6.45) is 3.37.